The number of anilines is 1. The lowest BCUT2D eigenvalue weighted by molar-refractivity contribution is 0.459. The van der Waals surface area contributed by atoms with Crippen molar-refractivity contribution < 1.29 is 0 Å². The summed E-state index contributed by atoms with van der Waals surface area (Å²) in [5.41, 5.74) is 8.72. The molecule has 2 rings (SSSR count). The molecule has 1 aliphatic rings. The fourth-order valence-corrected chi connectivity index (χ4v) is 2.98. The summed E-state index contributed by atoms with van der Waals surface area (Å²) in [4.78, 5) is 2.54. The van der Waals surface area contributed by atoms with Crippen LogP contribution in [0.15, 0.2) is 24.3 Å². The van der Waals surface area contributed by atoms with E-state index in [1.165, 1.54) is 50.0 Å². The first-order valence-corrected chi connectivity index (χ1v) is 7.31. The highest BCUT2D eigenvalue weighted by molar-refractivity contribution is 5.55. The first-order valence-electron chi connectivity index (χ1n) is 7.31. The average Bonchev–Trinajstić information content (AvgIpc) is 2.63. The molecule has 0 aliphatic carbocycles. The highest BCUT2D eigenvalue weighted by atomic mass is 15.1. The van der Waals surface area contributed by atoms with E-state index in [-0.39, 0.29) is 6.04 Å². The summed E-state index contributed by atoms with van der Waals surface area (Å²) in [5, 5.41) is 0. The Morgan fingerprint density at radius 1 is 1.28 bits per heavy atom. The first kappa shape index (κ1) is 13.4. The van der Waals surface area contributed by atoms with Gasteiger partial charge in [0.1, 0.15) is 0 Å². The molecule has 1 aromatic rings. The fourth-order valence-electron chi connectivity index (χ4n) is 2.98. The second kappa shape index (κ2) is 6.24. The van der Waals surface area contributed by atoms with E-state index in [0.717, 1.165) is 5.92 Å². The van der Waals surface area contributed by atoms with Crippen molar-refractivity contribution in [3.63, 3.8) is 0 Å². The van der Waals surface area contributed by atoms with Crippen molar-refractivity contribution >= 4 is 5.69 Å². The Morgan fingerprint density at radius 3 is 2.78 bits per heavy atom. The quantitative estimate of drug-likeness (QED) is 0.880. The summed E-state index contributed by atoms with van der Waals surface area (Å²) in [7, 11) is 0. The molecule has 18 heavy (non-hydrogen) atoms. The van der Waals surface area contributed by atoms with Gasteiger partial charge in [-0.1, -0.05) is 31.5 Å². The summed E-state index contributed by atoms with van der Waals surface area (Å²) >= 11 is 0. The van der Waals surface area contributed by atoms with Crippen molar-refractivity contribution in [3.8, 4) is 0 Å². The van der Waals surface area contributed by atoms with Gasteiger partial charge >= 0.3 is 0 Å². The molecule has 1 unspecified atom stereocenters. The van der Waals surface area contributed by atoms with Crippen LogP contribution in [0.4, 0.5) is 5.69 Å². The predicted molar refractivity (Wildman–Crippen MR) is 78.9 cm³/mol. The van der Waals surface area contributed by atoms with Crippen LogP contribution in [-0.2, 0) is 0 Å². The molecule has 0 aromatic heterocycles. The summed E-state index contributed by atoms with van der Waals surface area (Å²) in [6.07, 6.45) is 5.34. The standard InChI is InChI=1S/C16H26N2/c1-3-14-7-6-11-18(12-10-14)16-9-5-4-8-15(16)13(2)17/h4-5,8-9,13-14H,3,6-7,10-12,17H2,1-2H3/t13-,14?/m1/s1. The molecule has 2 nitrogen and oxygen atoms in total. The zero-order valence-electron chi connectivity index (χ0n) is 11.7. The van der Waals surface area contributed by atoms with Gasteiger partial charge in [0.15, 0.2) is 0 Å². The van der Waals surface area contributed by atoms with E-state index in [0.29, 0.717) is 0 Å². The summed E-state index contributed by atoms with van der Waals surface area (Å²) in [5.74, 6) is 0.914. The molecule has 0 saturated carbocycles. The van der Waals surface area contributed by atoms with Crippen molar-refractivity contribution in [2.75, 3.05) is 18.0 Å². The second-order valence-corrected chi connectivity index (χ2v) is 5.54. The Labute approximate surface area is 111 Å². The van der Waals surface area contributed by atoms with Gasteiger partial charge in [-0.2, -0.15) is 0 Å². The maximum absolute atomic E-state index is 6.09. The zero-order chi connectivity index (χ0) is 13.0. The summed E-state index contributed by atoms with van der Waals surface area (Å²) < 4.78 is 0. The minimum absolute atomic E-state index is 0.117. The molecule has 1 aromatic carbocycles. The summed E-state index contributed by atoms with van der Waals surface area (Å²) in [6.45, 7) is 6.75. The van der Waals surface area contributed by atoms with E-state index in [4.69, 9.17) is 5.73 Å². The van der Waals surface area contributed by atoms with Crippen LogP contribution in [-0.4, -0.2) is 13.1 Å². The van der Waals surface area contributed by atoms with Gasteiger partial charge in [0, 0.05) is 24.8 Å². The molecular weight excluding hydrogens is 220 g/mol. The molecule has 2 heteroatoms. The zero-order valence-corrected chi connectivity index (χ0v) is 11.7. The van der Waals surface area contributed by atoms with Crippen molar-refractivity contribution in [1.29, 1.82) is 0 Å². The van der Waals surface area contributed by atoms with Crippen LogP contribution in [0.5, 0.6) is 0 Å². The maximum Gasteiger partial charge on any atom is 0.0414 e. The van der Waals surface area contributed by atoms with Gasteiger partial charge in [0.2, 0.25) is 0 Å². The van der Waals surface area contributed by atoms with Crippen LogP contribution >= 0.6 is 0 Å². The largest absolute Gasteiger partial charge is 0.371 e. The van der Waals surface area contributed by atoms with Crippen LogP contribution in [0.25, 0.3) is 0 Å². The molecule has 0 bridgehead atoms. The van der Waals surface area contributed by atoms with E-state index in [9.17, 15) is 0 Å². The fraction of sp³-hybridized carbons (Fsp3) is 0.625. The van der Waals surface area contributed by atoms with Gasteiger partial charge in [0.05, 0.1) is 0 Å². The third-order valence-corrected chi connectivity index (χ3v) is 4.19. The van der Waals surface area contributed by atoms with Crippen LogP contribution in [0.2, 0.25) is 0 Å². The SMILES string of the molecule is CCC1CCCN(c2ccccc2[C@@H](C)N)CC1. The molecule has 100 valence electrons. The Morgan fingerprint density at radius 2 is 2.06 bits per heavy atom. The number of nitrogens with zero attached hydrogens (tertiary/aromatic N) is 1. The predicted octanol–water partition coefficient (Wildman–Crippen LogP) is 3.72. The highest BCUT2D eigenvalue weighted by Crippen LogP contribution is 2.29. The normalized spacial score (nSPS) is 22.6. The number of rotatable bonds is 3. The van der Waals surface area contributed by atoms with E-state index >= 15 is 0 Å². The van der Waals surface area contributed by atoms with Crippen LogP contribution in [0, 0.1) is 5.92 Å². The molecule has 0 amide bonds. The highest BCUT2D eigenvalue weighted by Gasteiger charge is 2.18. The van der Waals surface area contributed by atoms with Crippen molar-refractivity contribution in [3.05, 3.63) is 29.8 Å². The van der Waals surface area contributed by atoms with Crippen molar-refractivity contribution in [1.82, 2.24) is 0 Å². The number of benzene rings is 1. The molecule has 1 aliphatic heterocycles. The van der Waals surface area contributed by atoms with E-state index in [1.54, 1.807) is 0 Å². The summed E-state index contributed by atoms with van der Waals surface area (Å²) in [6, 6.07) is 8.73. The lowest BCUT2D eigenvalue weighted by Gasteiger charge is -2.26. The van der Waals surface area contributed by atoms with Gasteiger partial charge < -0.3 is 10.6 Å². The molecule has 2 N–H and O–H groups in total. The van der Waals surface area contributed by atoms with Gasteiger partial charge in [0.25, 0.3) is 0 Å². The topological polar surface area (TPSA) is 29.3 Å². The Hall–Kier alpha value is -1.02. The Balaban J connectivity index is 2.16. The van der Waals surface area contributed by atoms with Crippen LogP contribution in [0.1, 0.15) is 51.1 Å². The number of hydrogen-bond donors (Lipinski definition) is 1. The van der Waals surface area contributed by atoms with Gasteiger partial charge in [-0.25, -0.2) is 0 Å². The molecular formula is C16H26N2. The third kappa shape index (κ3) is 3.05. The Bertz CT molecular complexity index is 373. The van der Waals surface area contributed by atoms with Gasteiger partial charge in [-0.15, -0.1) is 0 Å². The molecule has 0 radical (unpaired) electrons. The van der Waals surface area contributed by atoms with E-state index in [2.05, 4.69) is 43.0 Å². The smallest absolute Gasteiger partial charge is 0.0414 e. The number of para-hydroxylation sites is 1. The number of hydrogen-bond acceptors (Lipinski definition) is 2. The average molecular weight is 246 g/mol. The lowest BCUT2D eigenvalue weighted by atomic mass is 9.98. The maximum atomic E-state index is 6.09. The van der Waals surface area contributed by atoms with E-state index in [1.807, 2.05) is 0 Å². The lowest BCUT2D eigenvalue weighted by Crippen LogP contribution is -2.26. The van der Waals surface area contributed by atoms with Gasteiger partial charge in [-0.05, 0) is 43.7 Å². The van der Waals surface area contributed by atoms with E-state index < -0.39 is 0 Å². The van der Waals surface area contributed by atoms with Crippen molar-refractivity contribution in [2.24, 2.45) is 11.7 Å². The molecule has 2 atom stereocenters. The van der Waals surface area contributed by atoms with Crippen LogP contribution < -0.4 is 10.6 Å². The molecule has 1 fully saturated rings. The number of nitrogens with two attached hydrogens (primary N) is 1. The second-order valence-electron chi connectivity index (χ2n) is 5.54. The minimum Gasteiger partial charge on any atom is -0.371 e. The molecule has 1 saturated heterocycles. The molecule has 1 heterocycles. The minimum atomic E-state index is 0.117. The van der Waals surface area contributed by atoms with Gasteiger partial charge in [-0.3, -0.25) is 0 Å². The van der Waals surface area contributed by atoms with Crippen LogP contribution in [0.3, 0.4) is 0 Å². The van der Waals surface area contributed by atoms with Crippen molar-refractivity contribution in [2.45, 2.75) is 45.6 Å². The third-order valence-electron chi connectivity index (χ3n) is 4.19. The Kier molecular flexibility index (Phi) is 4.65. The monoisotopic (exact) mass is 246 g/mol. The molecule has 0 spiro atoms. The first-order chi connectivity index (χ1) is 8.72.